The van der Waals surface area contributed by atoms with Crippen LogP contribution in [0.15, 0.2) is 0 Å². The van der Waals surface area contributed by atoms with Gasteiger partial charge in [0.15, 0.2) is 0 Å². The lowest BCUT2D eigenvalue weighted by Gasteiger charge is -2.18. The summed E-state index contributed by atoms with van der Waals surface area (Å²) in [5.74, 6) is -1.24. The van der Waals surface area contributed by atoms with Crippen molar-refractivity contribution in [3.8, 4) is 0 Å². The fraction of sp³-hybridized carbons (Fsp3) is 0.692. The van der Waals surface area contributed by atoms with Gasteiger partial charge in [0.25, 0.3) is 0 Å². The molecule has 108 valence electrons. The molecular formula is C13H17N3O3S. The maximum absolute atomic E-state index is 11.9. The Kier molecular flexibility index (Phi) is 3.69. The highest BCUT2D eigenvalue weighted by atomic mass is 32.1. The third kappa shape index (κ3) is 2.54. The lowest BCUT2D eigenvalue weighted by molar-refractivity contribution is -0.141. The highest BCUT2D eigenvalue weighted by Crippen LogP contribution is 2.37. The number of hydrogen-bond donors (Lipinski definition) is 1. The van der Waals surface area contributed by atoms with E-state index < -0.39 is 11.9 Å². The molecule has 3 rings (SSSR count). The van der Waals surface area contributed by atoms with Crippen molar-refractivity contribution in [3.05, 3.63) is 5.01 Å². The third-order valence-electron chi connectivity index (χ3n) is 4.09. The molecule has 1 amide bonds. The van der Waals surface area contributed by atoms with Gasteiger partial charge >= 0.3 is 5.97 Å². The molecule has 1 saturated heterocycles. The van der Waals surface area contributed by atoms with E-state index in [0.717, 1.165) is 17.8 Å². The van der Waals surface area contributed by atoms with E-state index in [-0.39, 0.29) is 18.9 Å². The topological polar surface area (TPSA) is 83.4 Å². The maximum Gasteiger partial charge on any atom is 0.308 e. The Balaban J connectivity index is 1.73. The first-order chi connectivity index (χ1) is 9.65. The van der Waals surface area contributed by atoms with Crippen molar-refractivity contribution in [1.29, 1.82) is 0 Å². The molecule has 2 aliphatic rings. The summed E-state index contributed by atoms with van der Waals surface area (Å²) in [6, 6.07) is 0. The van der Waals surface area contributed by atoms with Crippen LogP contribution in [-0.4, -0.2) is 33.7 Å². The molecule has 1 aromatic rings. The van der Waals surface area contributed by atoms with E-state index in [1.807, 2.05) is 0 Å². The average molecular weight is 295 g/mol. The van der Waals surface area contributed by atoms with E-state index in [4.69, 9.17) is 5.11 Å². The second-order valence-corrected chi connectivity index (χ2v) is 6.49. The Hall–Kier alpha value is -1.50. The summed E-state index contributed by atoms with van der Waals surface area (Å²) in [6.07, 6.45) is 6.08. The van der Waals surface area contributed by atoms with Gasteiger partial charge in [-0.3, -0.25) is 14.5 Å². The quantitative estimate of drug-likeness (QED) is 0.922. The van der Waals surface area contributed by atoms with E-state index in [9.17, 15) is 9.59 Å². The number of anilines is 1. The predicted molar refractivity (Wildman–Crippen MR) is 73.8 cm³/mol. The van der Waals surface area contributed by atoms with Crippen molar-refractivity contribution in [3.63, 3.8) is 0 Å². The zero-order chi connectivity index (χ0) is 14.1. The largest absolute Gasteiger partial charge is 0.481 e. The molecule has 1 saturated carbocycles. The van der Waals surface area contributed by atoms with Gasteiger partial charge < -0.3 is 5.11 Å². The van der Waals surface area contributed by atoms with Crippen molar-refractivity contribution in [2.45, 2.75) is 44.4 Å². The average Bonchev–Trinajstić information content (AvgIpc) is 3.06. The van der Waals surface area contributed by atoms with Gasteiger partial charge in [0.2, 0.25) is 11.0 Å². The number of carboxylic acids is 1. The summed E-state index contributed by atoms with van der Waals surface area (Å²) in [6.45, 7) is 0.216. The van der Waals surface area contributed by atoms with Crippen LogP contribution in [0.25, 0.3) is 0 Å². The Morgan fingerprint density at radius 1 is 1.25 bits per heavy atom. The molecule has 2 heterocycles. The number of carbonyl (C=O) groups excluding carboxylic acids is 1. The summed E-state index contributed by atoms with van der Waals surface area (Å²) in [5, 5.41) is 18.9. The number of nitrogens with zero attached hydrogens (tertiary/aromatic N) is 3. The van der Waals surface area contributed by atoms with Gasteiger partial charge in [-0.05, 0) is 12.8 Å². The molecule has 1 aromatic heterocycles. The number of aliphatic carboxylic acids is 1. The van der Waals surface area contributed by atoms with Crippen LogP contribution in [0.5, 0.6) is 0 Å². The molecule has 0 aromatic carbocycles. The second kappa shape index (κ2) is 5.47. The second-order valence-electron chi connectivity index (χ2n) is 5.50. The standard InChI is InChI=1S/C13H17N3O3S/c17-10-6-9(12(18)19)7-16(10)13-15-14-11(20-13)8-4-2-1-3-5-8/h8-9H,1-7H2,(H,18,19)/t9-/m1/s1. The minimum absolute atomic E-state index is 0.0632. The van der Waals surface area contributed by atoms with Crippen LogP contribution < -0.4 is 4.90 Å². The number of hydrogen-bond acceptors (Lipinski definition) is 5. The van der Waals surface area contributed by atoms with Crippen molar-refractivity contribution in [1.82, 2.24) is 10.2 Å². The van der Waals surface area contributed by atoms with E-state index >= 15 is 0 Å². The van der Waals surface area contributed by atoms with Crippen LogP contribution >= 0.6 is 11.3 Å². The first kappa shape index (κ1) is 13.5. The van der Waals surface area contributed by atoms with Gasteiger partial charge in [-0.15, -0.1) is 10.2 Å². The Labute approximate surface area is 120 Å². The minimum atomic E-state index is -0.919. The molecule has 20 heavy (non-hydrogen) atoms. The molecule has 0 bridgehead atoms. The van der Waals surface area contributed by atoms with Crippen LogP contribution in [0.3, 0.4) is 0 Å². The number of rotatable bonds is 3. The fourth-order valence-electron chi connectivity index (χ4n) is 2.91. The predicted octanol–water partition coefficient (Wildman–Crippen LogP) is 2.02. The monoisotopic (exact) mass is 295 g/mol. The molecule has 1 N–H and O–H groups in total. The third-order valence-corrected chi connectivity index (χ3v) is 5.20. The smallest absolute Gasteiger partial charge is 0.308 e. The van der Waals surface area contributed by atoms with Gasteiger partial charge in [0.05, 0.1) is 5.92 Å². The van der Waals surface area contributed by atoms with E-state index in [2.05, 4.69) is 10.2 Å². The van der Waals surface area contributed by atoms with Crippen molar-refractivity contribution in [2.24, 2.45) is 5.92 Å². The first-order valence-corrected chi connectivity index (χ1v) is 7.83. The van der Waals surface area contributed by atoms with E-state index in [1.165, 1.54) is 35.5 Å². The molecule has 0 spiro atoms. The van der Waals surface area contributed by atoms with Gasteiger partial charge in [-0.25, -0.2) is 0 Å². The lowest BCUT2D eigenvalue weighted by atomic mass is 9.90. The molecule has 1 aliphatic heterocycles. The number of carboxylic acid groups (broad SMARTS) is 1. The molecule has 6 nitrogen and oxygen atoms in total. The maximum atomic E-state index is 11.9. The van der Waals surface area contributed by atoms with Crippen LogP contribution in [0, 0.1) is 5.92 Å². The Morgan fingerprint density at radius 2 is 2.00 bits per heavy atom. The summed E-state index contributed by atoms with van der Waals surface area (Å²) >= 11 is 1.44. The van der Waals surface area contributed by atoms with Gasteiger partial charge in [0.1, 0.15) is 5.01 Å². The molecule has 0 radical (unpaired) electrons. The summed E-state index contributed by atoms with van der Waals surface area (Å²) in [7, 11) is 0. The zero-order valence-corrected chi connectivity index (χ0v) is 11.9. The number of carbonyl (C=O) groups is 2. The first-order valence-electron chi connectivity index (χ1n) is 7.01. The number of amides is 1. The van der Waals surface area contributed by atoms with Crippen molar-refractivity contribution < 1.29 is 14.7 Å². The van der Waals surface area contributed by atoms with Crippen LogP contribution in [0.4, 0.5) is 5.13 Å². The van der Waals surface area contributed by atoms with Crippen molar-refractivity contribution >= 4 is 28.3 Å². The van der Waals surface area contributed by atoms with Crippen LogP contribution in [-0.2, 0) is 9.59 Å². The van der Waals surface area contributed by atoms with Crippen LogP contribution in [0.2, 0.25) is 0 Å². The van der Waals surface area contributed by atoms with Crippen LogP contribution in [0.1, 0.15) is 49.5 Å². The van der Waals surface area contributed by atoms with E-state index in [1.54, 1.807) is 0 Å². The van der Waals surface area contributed by atoms with Gasteiger partial charge in [0, 0.05) is 18.9 Å². The molecule has 1 aliphatic carbocycles. The highest BCUT2D eigenvalue weighted by Gasteiger charge is 2.37. The Bertz CT molecular complexity index is 525. The normalized spacial score (nSPS) is 24.3. The zero-order valence-electron chi connectivity index (χ0n) is 11.1. The molecule has 7 heteroatoms. The molecule has 2 fully saturated rings. The molecule has 0 unspecified atom stereocenters. The summed E-state index contributed by atoms with van der Waals surface area (Å²) < 4.78 is 0. The Morgan fingerprint density at radius 3 is 2.65 bits per heavy atom. The van der Waals surface area contributed by atoms with Gasteiger partial charge in [-0.1, -0.05) is 30.6 Å². The SMILES string of the molecule is O=C(O)[C@@H]1CC(=O)N(c2nnc(C3CCCCC3)s2)C1. The highest BCUT2D eigenvalue weighted by molar-refractivity contribution is 7.15. The van der Waals surface area contributed by atoms with Gasteiger partial charge in [-0.2, -0.15) is 0 Å². The summed E-state index contributed by atoms with van der Waals surface area (Å²) in [5.41, 5.74) is 0. The minimum Gasteiger partial charge on any atom is -0.481 e. The van der Waals surface area contributed by atoms with E-state index in [0.29, 0.717) is 11.0 Å². The van der Waals surface area contributed by atoms with Crippen molar-refractivity contribution in [2.75, 3.05) is 11.4 Å². The molecule has 1 atom stereocenters. The fourth-order valence-corrected chi connectivity index (χ4v) is 3.95. The summed E-state index contributed by atoms with van der Waals surface area (Å²) in [4.78, 5) is 24.3. The lowest BCUT2D eigenvalue weighted by Crippen LogP contribution is -2.25. The molecular weight excluding hydrogens is 278 g/mol. The number of aromatic nitrogens is 2.